The maximum Gasteiger partial charge on any atom is 0.164 e. The van der Waals surface area contributed by atoms with E-state index < -0.39 is 0 Å². The molecular weight excluding hydrogens is 569 g/mol. The maximum absolute atomic E-state index is 4.94. The Morgan fingerprint density at radius 3 is 1.73 bits per heavy atom. The molecule has 0 saturated carbocycles. The van der Waals surface area contributed by atoms with Gasteiger partial charge in [0.15, 0.2) is 17.5 Å². The van der Waals surface area contributed by atoms with Crippen LogP contribution in [0.25, 0.3) is 66.5 Å². The predicted molar refractivity (Wildman–Crippen MR) is 187 cm³/mol. The van der Waals surface area contributed by atoms with Gasteiger partial charge in [-0.25, -0.2) is 15.0 Å². The highest BCUT2D eigenvalue weighted by Gasteiger charge is 2.27. The fourth-order valence-electron chi connectivity index (χ4n) is 6.35. The average molecular weight is 595 g/mol. The molecule has 1 aromatic heterocycles. The SMILES string of the molecule is c1ccc(-c2nc(-c3ccccc3)nc(-c3ccc4c5c(ccc4c3)NC(c3cc4ccccc4c4ccccc34)S5)n2)cc1. The Morgan fingerprint density at radius 1 is 0.444 bits per heavy atom. The van der Waals surface area contributed by atoms with Crippen molar-refractivity contribution in [3.8, 4) is 34.2 Å². The lowest BCUT2D eigenvalue weighted by Gasteiger charge is -2.16. The topological polar surface area (TPSA) is 50.7 Å². The summed E-state index contributed by atoms with van der Waals surface area (Å²) >= 11 is 1.89. The highest BCUT2D eigenvalue weighted by molar-refractivity contribution is 8.00. The second-order valence-corrected chi connectivity index (χ2v) is 12.4. The van der Waals surface area contributed by atoms with Gasteiger partial charge in [-0.15, -0.1) is 0 Å². The molecule has 212 valence electrons. The molecule has 1 N–H and O–H groups in total. The molecule has 9 rings (SSSR count). The summed E-state index contributed by atoms with van der Waals surface area (Å²) in [5.41, 5.74) is 5.37. The Bertz CT molecular complexity index is 2330. The first-order valence-corrected chi connectivity index (χ1v) is 15.9. The van der Waals surface area contributed by atoms with E-state index in [1.807, 2.05) is 72.4 Å². The van der Waals surface area contributed by atoms with E-state index in [1.54, 1.807) is 0 Å². The van der Waals surface area contributed by atoms with E-state index in [1.165, 1.54) is 43.1 Å². The van der Waals surface area contributed by atoms with Crippen LogP contribution in [0.4, 0.5) is 5.69 Å². The largest absolute Gasteiger partial charge is 0.368 e. The lowest BCUT2D eigenvalue weighted by atomic mass is 9.97. The van der Waals surface area contributed by atoms with E-state index in [-0.39, 0.29) is 5.37 Å². The van der Waals surface area contributed by atoms with Gasteiger partial charge in [0, 0.05) is 27.3 Å². The van der Waals surface area contributed by atoms with Crippen LogP contribution in [-0.4, -0.2) is 15.0 Å². The van der Waals surface area contributed by atoms with Gasteiger partial charge in [0.05, 0.1) is 0 Å². The molecule has 1 atom stereocenters. The summed E-state index contributed by atoms with van der Waals surface area (Å²) in [4.78, 5) is 16.0. The number of hydrogen-bond donors (Lipinski definition) is 1. The maximum atomic E-state index is 4.94. The molecule has 7 aromatic carbocycles. The Balaban J connectivity index is 1.12. The van der Waals surface area contributed by atoms with Crippen LogP contribution >= 0.6 is 11.8 Å². The molecule has 8 aromatic rings. The zero-order valence-electron chi connectivity index (χ0n) is 24.2. The van der Waals surface area contributed by atoms with Crippen molar-refractivity contribution in [2.24, 2.45) is 0 Å². The monoisotopic (exact) mass is 594 g/mol. The minimum Gasteiger partial charge on any atom is -0.368 e. The second-order valence-electron chi connectivity index (χ2n) is 11.3. The lowest BCUT2D eigenvalue weighted by Crippen LogP contribution is -2.02. The highest BCUT2D eigenvalue weighted by Crippen LogP contribution is 2.51. The second kappa shape index (κ2) is 10.6. The number of rotatable bonds is 4. The van der Waals surface area contributed by atoms with Gasteiger partial charge in [0.25, 0.3) is 0 Å². The molecule has 0 bridgehead atoms. The van der Waals surface area contributed by atoms with E-state index in [2.05, 4.69) is 90.2 Å². The quantitative estimate of drug-likeness (QED) is 0.205. The zero-order valence-corrected chi connectivity index (χ0v) is 25.0. The third-order valence-electron chi connectivity index (χ3n) is 8.53. The lowest BCUT2D eigenvalue weighted by molar-refractivity contribution is 1.07. The standard InChI is InChI=1S/C40H26N4S/c1-3-11-25(12-4-1)37-42-38(26-13-5-2-6-14-26)44-39(43-37)29-19-21-31-28(23-29)20-22-35-36(31)45-40(41-35)34-24-27-15-7-8-16-30(27)32-17-9-10-18-33(32)34/h1-24,40-41H. The number of fused-ring (bicyclic) bond motifs is 6. The summed E-state index contributed by atoms with van der Waals surface area (Å²) in [7, 11) is 0. The van der Waals surface area contributed by atoms with Crippen molar-refractivity contribution < 1.29 is 0 Å². The molecule has 4 nitrogen and oxygen atoms in total. The molecule has 1 aliphatic rings. The van der Waals surface area contributed by atoms with Crippen LogP contribution in [0.5, 0.6) is 0 Å². The molecular formula is C40H26N4S. The molecule has 0 saturated heterocycles. The molecule has 2 heterocycles. The fourth-order valence-corrected chi connectivity index (χ4v) is 7.66. The van der Waals surface area contributed by atoms with Crippen LogP contribution in [0, 0.1) is 0 Å². The smallest absolute Gasteiger partial charge is 0.164 e. The van der Waals surface area contributed by atoms with E-state index >= 15 is 0 Å². The average Bonchev–Trinajstić information content (AvgIpc) is 3.56. The number of aromatic nitrogens is 3. The van der Waals surface area contributed by atoms with Gasteiger partial charge in [0.1, 0.15) is 5.37 Å². The van der Waals surface area contributed by atoms with Gasteiger partial charge >= 0.3 is 0 Å². The number of nitrogens with one attached hydrogen (secondary N) is 1. The van der Waals surface area contributed by atoms with Gasteiger partial charge in [-0.2, -0.15) is 0 Å². The van der Waals surface area contributed by atoms with E-state index in [4.69, 9.17) is 15.0 Å². The van der Waals surface area contributed by atoms with Crippen LogP contribution < -0.4 is 5.32 Å². The summed E-state index contributed by atoms with van der Waals surface area (Å²) in [5, 5.41) is 11.5. The highest BCUT2D eigenvalue weighted by atomic mass is 32.2. The van der Waals surface area contributed by atoms with Gasteiger partial charge in [-0.05, 0) is 56.1 Å². The van der Waals surface area contributed by atoms with Crippen molar-refractivity contribution in [3.05, 3.63) is 151 Å². The van der Waals surface area contributed by atoms with Crippen LogP contribution in [0.3, 0.4) is 0 Å². The molecule has 45 heavy (non-hydrogen) atoms. The molecule has 5 heteroatoms. The van der Waals surface area contributed by atoms with Gasteiger partial charge in [-0.3, -0.25) is 0 Å². The number of benzene rings is 7. The first kappa shape index (κ1) is 25.9. The fraction of sp³-hybridized carbons (Fsp3) is 0.0250. The summed E-state index contributed by atoms with van der Waals surface area (Å²) in [6, 6.07) is 50.9. The zero-order chi connectivity index (χ0) is 29.7. The van der Waals surface area contributed by atoms with Crippen LogP contribution in [0.2, 0.25) is 0 Å². The van der Waals surface area contributed by atoms with Crippen LogP contribution in [0.1, 0.15) is 10.9 Å². The molecule has 0 amide bonds. The third kappa shape index (κ3) is 4.52. The van der Waals surface area contributed by atoms with Crippen molar-refractivity contribution in [2.75, 3.05) is 5.32 Å². The van der Waals surface area contributed by atoms with Crippen molar-refractivity contribution in [2.45, 2.75) is 10.3 Å². The number of thioether (sulfide) groups is 1. The van der Waals surface area contributed by atoms with Gasteiger partial charge in [0.2, 0.25) is 0 Å². The minimum atomic E-state index is 0.116. The molecule has 0 radical (unpaired) electrons. The van der Waals surface area contributed by atoms with Crippen LogP contribution in [-0.2, 0) is 0 Å². The molecule has 0 fully saturated rings. The van der Waals surface area contributed by atoms with Crippen molar-refractivity contribution in [3.63, 3.8) is 0 Å². The summed E-state index contributed by atoms with van der Waals surface area (Å²) < 4.78 is 0. The summed E-state index contributed by atoms with van der Waals surface area (Å²) in [5.74, 6) is 1.99. The van der Waals surface area contributed by atoms with Crippen molar-refractivity contribution in [1.82, 2.24) is 15.0 Å². The van der Waals surface area contributed by atoms with E-state index in [0.717, 1.165) is 22.1 Å². The normalized spacial score (nSPS) is 14.1. The number of anilines is 1. The van der Waals surface area contributed by atoms with Gasteiger partial charge < -0.3 is 5.32 Å². The number of nitrogens with zero attached hydrogens (tertiary/aromatic N) is 3. The molecule has 0 spiro atoms. The summed E-state index contributed by atoms with van der Waals surface area (Å²) in [6.07, 6.45) is 0. The molecule has 1 aliphatic heterocycles. The van der Waals surface area contributed by atoms with Crippen LogP contribution in [0.15, 0.2) is 150 Å². The Kier molecular flexibility index (Phi) is 6.10. The summed E-state index contributed by atoms with van der Waals surface area (Å²) in [6.45, 7) is 0. The van der Waals surface area contributed by atoms with E-state index in [0.29, 0.717) is 17.5 Å². The molecule has 0 aliphatic carbocycles. The van der Waals surface area contributed by atoms with Gasteiger partial charge in [-0.1, -0.05) is 139 Å². The van der Waals surface area contributed by atoms with Crippen molar-refractivity contribution >= 4 is 49.8 Å². The van der Waals surface area contributed by atoms with Crippen molar-refractivity contribution in [1.29, 1.82) is 0 Å². The van der Waals surface area contributed by atoms with E-state index in [9.17, 15) is 0 Å². The Labute approximate surface area is 264 Å². The minimum absolute atomic E-state index is 0.116. The Hall–Kier alpha value is -5.52. The first-order chi connectivity index (χ1) is 22.3. The number of hydrogen-bond acceptors (Lipinski definition) is 5. The first-order valence-electron chi connectivity index (χ1n) is 15.1. The molecule has 1 unspecified atom stereocenters. The predicted octanol–water partition coefficient (Wildman–Crippen LogP) is 10.5. The third-order valence-corrected chi connectivity index (χ3v) is 9.82. The Morgan fingerprint density at radius 2 is 1.02 bits per heavy atom.